The third-order valence-corrected chi connectivity index (χ3v) is 4.79. The lowest BCUT2D eigenvalue weighted by atomic mass is 10.2. The predicted molar refractivity (Wildman–Crippen MR) is 83.5 cm³/mol. The van der Waals surface area contributed by atoms with Crippen LogP contribution < -0.4 is 10.5 Å². The lowest BCUT2D eigenvalue weighted by Crippen LogP contribution is -2.14. The van der Waals surface area contributed by atoms with Crippen molar-refractivity contribution < 1.29 is 13.2 Å². The summed E-state index contributed by atoms with van der Waals surface area (Å²) >= 11 is 0. The molecule has 2 rings (SSSR count). The molecule has 0 radical (unpaired) electrons. The van der Waals surface area contributed by atoms with Crippen molar-refractivity contribution in [1.82, 2.24) is 9.97 Å². The van der Waals surface area contributed by atoms with Gasteiger partial charge in [0.2, 0.25) is 9.84 Å². The molecule has 0 aliphatic rings. The maximum Gasteiger partial charge on any atom is 0.319 e. The number of rotatable bonds is 5. The smallest absolute Gasteiger partial charge is 0.319 e. The van der Waals surface area contributed by atoms with E-state index in [2.05, 4.69) is 9.97 Å². The van der Waals surface area contributed by atoms with Crippen molar-refractivity contribution in [3.05, 3.63) is 35.9 Å². The SMILES string of the molecule is CCC(C)Oc1nc(N)cc(S(=O)(=O)c2cccc(C)c2)n1. The Hall–Kier alpha value is -2.15. The van der Waals surface area contributed by atoms with Gasteiger partial charge in [0.1, 0.15) is 5.82 Å². The molecule has 0 saturated heterocycles. The van der Waals surface area contributed by atoms with Gasteiger partial charge in [-0.05, 0) is 38.0 Å². The first-order valence-electron chi connectivity index (χ1n) is 6.96. The quantitative estimate of drug-likeness (QED) is 0.850. The van der Waals surface area contributed by atoms with Crippen LogP contribution in [-0.4, -0.2) is 24.5 Å². The molecule has 6 nitrogen and oxygen atoms in total. The first-order valence-corrected chi connectivity index (χ1v) is 8.44. The monoisotopic (exact) mass is 321 g/mol. The third kappa shape index (κ3) is 3.54. The van der Waals surface area contributed by atoms with Crippen LogP contribution in [0.2, 0.25) is 0 Å². The minimum atomic E-state index is -3.76. The molecule has 1 aromatic carbocycles. The molecular formula is C15H19N3O3S. The summed E-state index contributed by atoms with van der Waals surface area (Å²) in [5.41, 5.74) is 6.53. The van der Waals surface area contributed by atoms with Crippen LogP contribution in [0.1, 0.15) is 25.8 Å². The van der Waals surface area contributed by atoms with Gasteiger partial charge in [0, 0.05) is 6.07 Å². The summed E-state index contributed by atoms with van der Waals surface area (Å²) in [4.78, 5) is 8.09. The van der Waals surface area contributed by atoms with E-state index in [4.69, 9.17) is 10.5 Å². The molecule has 0 bridgehead atoms. The molecule has 0 saturated carbocycles. The van der Waals surface area contributed by atoms with Gasteiger partial charge in [0.05, 0.1) is 11.0 Å². The van der Waals surface area contributed by atoms with E-state index in [1.165, 1.54) is 12.1 Å². The van der Waals surface area contributed by atoms with E-state index in [0.717, 1.165) is 12.0 Å². The molecule has 2 aromatic rings. The molecule has 1 heterocycles. The number of nitrogens with zero attached hydrogens (tertiary/aromatic N) is 2. The fourth-order valence-electron chi connectivity index (χ4n) is 1.78. The Morgan fingerprint density at radius 3 is 2.64 bits per heavy atom. The van der Waals surface area contributed by atoms with Crippen LogP contribution in [0.3, 0.4) is 0 Å². The topological polar surface area (TPSA) is 95.2 Å². The Morgan fingerprint density at radius 1 is 1.27 bits per heavy atom. The zero-order valence-electron chi connectivity index (χ0n) is 12.8. The van der Waals surface area contributed by atoms with E-state index in [0.29, 0.717) is 0 Å². The lowest BCUT2D eigenvalue weighted by molar-refractivity contribution is 0.198. The second kappa shape index (κ2) is 6.31. The molecule has 1 aromatic heterocycles. The fraction of sp³-hybridized carbons (Fsp3) is 0.333. The van der Waals surface area contributed by atoms with E-state index >= 15 is 0 Å². The minimum absolute atomic E-state index is 0.0272. The number of benzene rings is 1. The summed E-state index contributed by atoms with van der Waals surface area (Å²) in [5, 5.41) is -0.163. The molecule has 1 atom stereocenters. The predicted octanol–water partition coefficient (Wildman–Crippen LogP) is 2.38. The van der Waals surface area contributed by atoms with Crippen molar-refractivity contribution in [2.75, 3.05) is 5.73 Å². The number of aryl methyl sites for hydroxylation is 1. The average molecular weight is 321 g/mol. The first kappa shape index (κ1) is 16.2. The number of hydrogen-bond donors (Lipinski definition) is 1. The van der Waals surface area contributed by atoms with Crippen molar-refractivity contribution in [3.8, 4) is 6.01 Å². The molecule has 2 N–H and O–H groups in total. The number of nitrogens with two attached hydrogens (primary N) is 1. The molecule has 1 unspecified atom stereocenters. The maximum atomic E-state index is 12.6. The number of ether oxygens (including phenoxy) is 1. The van der Waals surface area contributed by atoms with E-state index in [-0.39, 0.29) is 27.9 Å². The number of aromatic nitrogens is 2. The second-order valence-electron chi connectivity index (χ2n) is 5.07. The zero-order chi connectivity index (χ0) is 16.3. The molecule has 7 heteroatoms. The van der Waals surface area contributed by atoms with Gasteiger partial charge in [-0.3, -0.25) is 0 Å². The van der Waals surface area contributed by atoms with Gasteiger partial charge in [-0.1, -0.05) is 19.1 Å². The lowest BCUT2D eigenvalue weighted by Gasteiger charge is -2.12. The molecule has 0 aliphatic carbocycles. The van der Waals surface area contributed by atoms with Gasteiger partial charge in [0.15, 0.2) is 5.03 Å². The third-order valence-electron chi connectivity index (χ3n) is 3.16. The van der Waals surface area contributed by atoms with Gasteiger partial charge in [-0.2, -0.15) is 9.97 Å². The van der Waals surface area contributed by atoms with Crippen molar-refractivity contribution in [2.45, 2.75) is 43.2 Å². The Bertz CT molecular complexity index is 775. The summed E-state index contributed by atoms with van der Waals surface area (Å²) in [6.07, 6.45) is 0.620. The molecular weight excluding hydrogens is 302 g/mol. The summed E-state index contributed by atoms with van der Waals surface area (Å²) in [6.45, 7) is 5.62. The molecule has 0 amide bonds. The van der Waals surface area contributed by atoms with Gasteiger partial charge in [-0.15, -0.1) is 0 Å². The van der Waals surface area contributed by atoms with Crippen LogP contribution in [0.5, 0.6) is 6.01 Å². The van der Waals surface area contributed by atoms with Crippen molar-refractivity contribution in [1.29, 1.82) is 0 Å². The van der Waals surface area contributed by atoms with Crippen molar-refractivity contribution >= 4 is 15.7 Å². The highest BCUT2D eigenvalue weighted by atomic mass is 32.2. The number of nitrogen functional groups attached to an aromatic ring is 1. The van der Waals surface area contributed by atoms with Gasteiger partial charge >= 0.3 is 6.01 Å². The Labute approximate surface area is 130 Å². The van der Waals surface area contributed by atoms with Gasteiger partial charge in [0.25, 0.3) is 0 Å². The number of sulfone groups is 1. The van der Waals surface area contributed by atoms with Gasteiger partial charge in [-0.25, -0.2) is 8.42 Å². The van der Waals surface area contributed by atoms with Crippen LogP contribution in [0, 0.1) is 6.92 Å². The fourth-order valence-corrected chi connectivity index (χ4v) is 3.09. The van der Waals surface area contributed by atoms with Crippen molar-refractivity contribution in [3.63, 3.8) is 0 Å². The summed E-state index contributed by atoms with van der Waals surface area (Å²) in [6, 6.07) is 7.83. The Balaban J connectivity index is 2.47. The maximum absolute atomic E-state index is 12.6. The zero-order valence-corrected chi connectivity index (χ0v) is 13.6. The number of anilines is 1. The normalized spacial score (nSPS) is 12.9. The first-order chi connectivity index (χ1) is 10.3. The van der Waals surface area contributed by atoms with E-state index in [1.807, 2.05) is 26.8 Å². The van der Waals surface area contributed by atoms with Crippen LogP contribution >= 0.6 is 0 Å². The molecule has 0 aliphatic heterocycles. The van der Waals surface area contributed by atoms with Crippen molar-refractivity contribution in [2.24, 2.45) is 0 Å². The summed E-state index contributed by atoms with van der Waals surface area (Å²) < 4.78 is 30.8. The molecule has 0 spiro atoms. The van der Waals surface area contributed by atoms with Gasteiger partial charge < -0.3 is 10.5 Å². The van der Waals surface area contributed by atoms with E-state index in [9.17, 15) is 8.42 Å². The standard InChI is InChI=1S/C15H19N3O3S/c1-4-11(3)21-15-17-13(16)9-14(18-15)22(19,20)12-7-5-6-10(2)8-12/h5-9,11H,4H2,1-3H3,(H2,16,17,18). The highest BCUT2D eigenvalue weighted by Crippen LogP contribution is 2.23. The Morgan fingerprint density at radius 2 is 2.00 bits per heavy atom. The minimum Gasteiger partial charge on any atom is -0.460 e. The molecule has 118 valence electrons. The summed E-state index contributed by atoms with van der Waals surface area (Å²) in [7, 11) is -3.76. The average Bonchev–Trinajstić information content (AvgIpc) is 2.46. The van der Waals surface area contributed by atoms with E-state index in [1.54, 1.807) is 12.1 Å². The largest absolute Gasteiger partial charge is 0.460 e. The second-order valence-corrected chi connectivity index (χ2v) is 6.97. The number of hydrogen-bond acceptors (Lipinski definition) is 6. The van der Waals surface area contributed by atoms with Crippen LogP contribution in [-0.2, 0) is 9.84 Å². The summed E-state index contributed by atoms with van der Waals surface area (Å²) in [5.74, 6) is 0.0551. The molecule has 22 heavy (non-hydrogen) atoms. The van der Waals surface area contributed by atoms with Crippen LogP contribution in [0.25, 0.3) is 0 Å². The molecule has 0 fully saturated rings. The van der Waals surface area contributed by atoms with Crippen LogP contribution in [0.4, 0.5) is 5.82 Å². The van der Waals surface area contributed by atoms with E-state index < -0.39 is 9.84 Å². The van der Waals surface area contributed by atoms with Crippen LogP contribution in [0.15, 0.2) is 40.3 Å². The Kier molecular flexibility index (Phi) is 4.65. The highest BCUT2D eigenvalue weighted by molar-refractivity contribution is 7.91. The highest BCUT2D eigenvalue weighted by Gasteiger charge is 2.22.